The first kappa shape index (κ1) is 12.1. The summed E-state index contributed by atoms with van der Waals surface area (Å²) in [6, 6.07) is 1.57. The number of aromatic nitrogens is 2. The highest BCUT2D eigenvalue weighted by molar-refractivity contribution is 5.38. The van der Waals surface area contributed by atoms with Crippen LogP contribution >= 0.6 is 0 Å². The standard InChI is InChI=1S/C11H18N4O2/c1-14-9(2-3-12)13-10(8-11(14)16)15-4-6-17-7-5-15/h8H,2-7,12H2,1H3. The Balaban J connectivity index is 2.30. The summed E-state index contributed by atoms with van der Waals surface area (Å²) in [6.45, 7) is 3.42. The van der Waals surface area contributed by atoms with Crippen LogP contribution in [0.3, 0.4) is 0 Å². The molecule has 94 valence electrons. The molecule has 0 saturated carbocycles. The summed E-state index contributed by atoms with van der Waals surface area (Å²) < 4.78 is 6.83. The van der Waals surface area contributed by atoms with Gasteiger partial charge in [-0.25, -0.2) is 4.98 Å². The first-order chi connectivity index (χ1) is 8.22. The van der Waals surface area contributed by atoms with E-state index in [9.17, 15) is 4.79 Å². The van der Waals surface area contributed by atoms with Gasteiger partial charge in [0.15, 0.2) is 0 Å². The zero-order chi connectivity index (χ0) is 12.3. The van der Waals surface area contributed by atoms with Crippen LogP contribution in [0.15, 0.2) is 10.9 Å². The van der Waals surface area contributed by atoms with Crippen LogP contribution in [-0.2, 0) is 18.2 Å². The maximum atomic E-state index is 11.8. The summed E-state index contributed by atoms with van der Waals surface area (Å²) in [5.74, 6) is 1.47. The number of hydrogen-bond donors (Lipinski definition) is 1. The van der Waals surface area contributed by atoms with Crippen molar-refractivity contribution in [3.8, 4) is 0 Å². The van der Waals surface area contributed by atoms with Crippen molar-refractivity contribution in [1.29, 1.82) is 0 Å². The van der Waals surface area contributed by atoms with Crippen molar-refractivity contribution in [3.63, 3.8) is 0 Å². The largest absolute Gasteiger partial charge is 0.378 e. The zero-order valence-corrected chi connectivity index (χ0v) is 10.1. The number of nitrogens with zero attached hydrogens (tertiary/aromatic N) is 3. The zero-order valence-electron chi connectivity index (χ0n) is 10.1. The minimum atomic E-state index is -0.0371. The Hall–Kier alpha value is -1.40. The molecule has 0 atom stereocenters. The van der Waals surface area contributed by atoms with E-state index < -0.39 is 0 Å². The molecule has 0 aromatic carbocycles. The van der Waals surface area contributed by atoms with Crippen molar-refractivity contribution in [1.82, 2.24) is 9.55 Å². The van der Waals surface area contributed by atoms with Crippen LogP contribution in [0.4, 0.5) is 5.82 Å². The monoisotopic (exact) mass is 238 g/mol. The lowest BCUT2D eigenvalue weighted by Crippen LogP contribution is -2.38. The Morgan fingerprint density at radius 1 is 1.47 bits per heavy atom. The molecule has 1 aromatic rings. The van der Waals surface area contributed by atoms with Crippen LogP contribution in [0, 0.1) is 0 Å². The van der Waals surface area contributed by atoms with Crippen molar-refractivity contribution in [2.45, 2.75) is 6.42 Å². The average molecular weight is 238 g/mol. The molecule has 0 unspecified atom stereocenters. The second kappa shape index (κ2) is 5.29. The Bertz CT molecular complexity index is 438. The molecule has 1 fully saturated rings. The van der Waals surface area contributed by atoms with Gasteiger partial charge in [-0.3, -0.25) is 9.36 Å². The highest BCUT2D eigenvalue weighted by atomic mass is 16.5. The van der Waals surface area contributed by atoms with Gasteiger partial charge in [0.2, 0.25) is 0 Å². The SMILES string of the molecule is Cn1c(CCN)nc(N2CCOCC2)cc1=O. The van der Waals surface area contributed by atoms with Crippen LogP contribution in [0.1, 0.15) is 5.82 Å². The Morgan fingerprint density at radius 3 is 2.82 bits per heavy atom. The van der Waals surface area contributed by atoms with Crippen molar-refractivity contribution >= 4 is 5.82 Å². The minimum absolute atomic E-state index is 0.0371. The topological polar surface area (TPSA) is 73.4 Å². The van der Waals surface area contributed by atoms with Gasteiger partial charge in [-0.15, -0.1) is 0 Å². The molecular formula is C11H18N4O2. The molecule has 17 heavy (non-hydrogen) atoms. The fourth-order valence-corrected chi connectivity index (χ4v) is 1.88. The molecule has 2 heterocycles. The van der Waals surface area contributed by atoms with E-state index in [1.54, 1.807) is 17.7 Å². The van der Waals surface area contributed by atoms with E-state index in [0.29, 0.717) is 26.2 Å². The third kappa shape index (κ3) is 2.65. The maximum Gasteiger partial charge on any atom is 0.255 e. The fraction of sp³-hybridized carbons (Fsp3) is 0.636. The Labute approximate surface area is 100 Å². The molecule has 0 amide bonds. The number of nitrogens with two attached hydrogens (primary N) is 1. The molecule has 0 bridgehead atoms. The van der Waals surface area contributed by atoms with Gasteiger partial charge >= 0.3 is 0 Å². The van der Waals surface area contributed by atoms with E-state index in [4.69, 9.17) is 10.5 Å². The highest BCUT2D eigenvalue weighted by Crippen LogP contribution is 2.10. The van der Waals surface area contributed by atoms with Gasteiger partial charge < -0.3 is 15.4 Å². The molecule has 2 N–H and O–H groups in total. The molecule has 6 heteroatoms. The Morgan fingerprint density at radius 2 is 2.18 bits per heavy atom. The van der Waals surface area contributed by atoms with Crippen molar-refractivity contribution in [2.24, 2.45) is 12.8 Å². The van der Waals surface area contributed by atoms with Crippen molar-refractivity contribution < 1.29 is 4.74 Å². The van der Waals surface area contributed by atoms with Crippen LogP contribution in [0.5, 0.6) is 0 Å². The second-order valence-corrected chi connectivity index (χ2v) is 4.07. The van der Waals surface area contributed by atoms with Crippen molar-refractivity contribution in [2.75, 3.05) is 37.7 Å². The van der Waals surface area contributed by atoms with Crippen molar-refractivity contribution in [3.05, 3.63) is 22.2 Å². The van der Waals surface area contributed by atoms with Crippen LogP contribution in [0.25, 0.3) is 0 Å². The quantitative estimate of drug-likeness (QED) is 0.740. The van der Waals surface area contributed by atoms with Gasteiger partial charge in [0.25, 0.3) is 5.56 Å². The number of ether oxygens (including phenoxy) is 1. The molecule has 0 radical (unpaired) electrons. The van der Waals surface area contributed by atoms with E-state index in [1.807, 2.05) is 0 Å². The van der Waals surface area contributed by atoms with E-state index in [1.165, 1.54) is 0 Å². The summed E-state index contributed by atoms with van der Waals surface area (Å²) in [7, 11) is 1.73. The third-order valence-electron chi connectivity index (χ3n) is 2.92. The number of hydrogen-bond acceptors (Lipinski definition) is 5. The lowest BCUT2D eigenvalue weighted by Gasteiger charge is -2.28. The first-order valence-electron chi connectivity index (χ1n) is 5.82. The predicted octanol–water partition coefficient (Wildman–Crippen LogP) is -0.882. The van der Waals surface area contributed by atoms with Gasteiger partial charge in [-0.1, -0.05) is 0 Å². The second-order valence-electron chi connectivity index (χ2n) is 4.07. The lowest BCUT2D eigenvalue weighted by atomic mass is 10.3. The number of morpholine rings is 1. The fourth-order valence-electron chi connectivity index (χ4n) is 1.88. The first-order valence-corrected chi connectivity index (χ1v) is 5.82. The lowest BCUT2D eigenvalue weighted by molar-refractivity contribution is 0.122. The van der Waals surface area contributed by atoms with Gasteiger partial charge in [0.05, 0.1) is 13.2 Å². The molecule has 1 aliphatic rings. The van der Waals surface area contributed by atoms with Gasteiger partial charge in [-0.05, 0) is 6.54 Å². The predicted molar refractivity (Wildman–Crippen MR) is 65.3 cm³/mol. The molecule has 1 aromatic heterocycles. The highest BCUT2D eigenvalue weighted by Gasteiger charge is 2.14. The molecule has 0 spiro atoms. The van der Waals surface area contributed by atoms with Gasteiger partial charge in [0, 0.05) is 32.6 Å². The van der Waals surface area contributed by atoms with Crippen LogP contribution < -0.4 is 16.2 Å². The normalized spacial score (nSPS) is 16.2. The summed E-state index contributed by atoms with van der Waals surface area (Å²) in [6.07, 6.45) is 0.615. The summed E-state index contributed by atoms with van der Waals surface area (Å²) >= 11 is 0. The van der Waals surface area contributed by atoms with Crippen LogP contribution in [0.2, 0.25) is 0 Å². The molecule has 1 aliphatic heterocycles. The molecule has 1 saturated heterocycles. The third-order valence-corrected chi connectivity index (χ3v) is 2.92. The number of anilines is 1. The summed E-state index contributed by atoms with van der Waals surface area (Å²) in [4.78, 5) is 18.4. The van der Waals surface area contributed by atoms with E-state index in [-0.39, 0.29) is 5.56 Å². The summed E-state index contributed by atoms with van der Waals surface area (Å²) in [5, 5.41) is 0. The molecule has 2 rings (SSSR count). The smallest absolute Gasteiger partial charge is 0.255 e. The molecular weight excluding hydrogens is 220 g/mol. The van der Waals surface area contributed by atoms with E-state index >= 15 is 0 Å². The average Bonchev–Trinajstić information content (AvgIpc) is 2.36. The van der Waals surface area contributed by atoms with Gasteiger partial charge in [0.1, 0.15) is 11.6 Å². The van der Waals surface area contributed by atoms with E-state index in [2.05, 4.69) is 9.88 Å². The maximum absolute atomic E-state index is 11.8. The number of rotatable bonds is 3. The minimum Gasteiger partial charge on any atom is -0.378 e. The van der Waals surface area contributed by atoms with Gasteiger partial charge in [-0.2, -0.15) is 0 Å². The molecule has 0 aliphatic carbocycles. The molecule has 6 nitrogen and oxygen atoms in total. The van der Waals surface area contributed by atoms with E-state index in [0.717, 1.165) is 24.7 Å². The summed E-state index contributed by atoms with van der Waals surface area (Å²) in [5.41, 5.74) is 5.48. The van der Waals surface area contributed by atoms with Crippen LogP contribution in [-0.4, -0.2) is 42.4 Å². The Kier molecular flexibility index (Phi) is 3.75.